The van der Waals surface area contributed by atoms with Crippen molar-refractivity contribution in [2.45, 2.75) is 31.7 Å². The van der Waals surface area contributed by atoms with E-state index in [2.05, 4.69) is 26.1 Å². The molecule has 1 aliphatic rings. The van der Waals surface area contributed by atoms with Gasteiger partial charge in [-0.15, -0.1) is 0 Å². The number of aliphatic hydroxyl groups is 1. The average Bonchev–Trinajstić information content (AvgIpc) is 3.45. The van der Waals surface area contributed by atoms with Gasteiger partial charge in [0.2, 0.25) is 5.95 Å². The molecule has 0 amide bonds. The quantitative estimate of drug-likeness (QED) is 0.340. The molecule has 1 aliphatic carbocycles. The predicted molar refractivity (Wildman–Crippen MR) is 87.7 cm³/mol. The third kappa shape index (κ3) is 3.96. The molecule has 26 heavy (non-hydrogen) atoms. The van der Waals surface area contributed by atoms with Crippen LogP contribution in [0.1, 0.15) is 31.4 Å². The van der Waals surface area contributed by atoms with Crippen LogP contribution in [0.5, 0.6) is 0 Å². The van der Waals surface area contributed by atoms with E-state index >= 15 is 0 Å². The van der Waals surface area contributed by atoms with Crippen LogP contribution in [-0.2, 0) is 0 Å². The Morgan fingerprint density at radius 2 is 1.73 bits per heavy atom. The Labute approximate surface area is 146 Å². The topological polar surface area (TPSA) is 82.1 Å². The molecular formula is C16H17F4N5O. The van der Waals surface area contributed by atoms with E-state index in [0.717, 1.165) is 12.8 Å². The number of nitrogens with zero attached hydrogens (tertiary/aromatic N) is 2. The first-order chi connectivity index (χ1) is 12.4. The number of anilines is 3. The Hall–Kier alpha value is -2.62. The van der Waals surface area contributed by atoms with Crippen molar-refractivity contribution >= 4 is 17.5 Å². The Morgan fingerprint density at radius 1 is 1.08 bits per heavy atom. The predicted octanol–water partition coefficient (Wildman–Crippen LogP) is 3.14. The molecule has 0 saturated heterocycles. The Bertz CT molecular complexity index is 789. The lowest BCUT2D eigenvalue weighted by Crippen LogP contribution is -2.22. The van der Waals surface area contributed by atoms with Crippen LogP contribution in [0.15, 0.2) is 12.1 Å². The van der Waals surface area contributed by atoms with E-state index in [1.54, 1.807) is 13.0 Å². The first kappa shape index (κ1) is 18.2. The normalized spacial score (nSPS) is 14.8. The minimum atomic E-state index is -1.56. The number of nitrogens with one attached hydrogen (secondary N) is 3. The van der Waals surface area contributed by atoms with Crippen LogP contribution in [-0.4, -0.2) is 27.7 Å². The van der Waals surface area contributed by atoms with Gasteiger partial charge >= 0.3 is 0 Å². The van der Waals surface area contributed by atoms with Gasteiger partial charge in [0.1, 0.15) is 11.5 Å². The van der Waals surface area contributed by atoms with E-state index in [-0.39, 0.29) is 36.4 Å². The number of halogens is 4. The molecule has 0 spiro atoms. The summed E-state index contributed by atoms with van der Waals surface area (Å²) in [6, 6.07) is 1.40. The molecule has 1 aromatic carbocycles. The molecule has 1 atom stereocenters. The molecule has 2 aromatic rings. The van der Waals surface area contributed by atoms with Gasteiger partial charge in [-0.05, 0) is 19.8 Å². The van der Waals surface area contributed by atoms with Crippen LogP contribution >= 0.6 is 0 Å². The highest BCUT2D eigenvalue weighted by atomic mass is 19.2. The molecule has 0 unspecified atom stereocenters. The number of benzene rings is 1. The second-order valence-corrected chi connectivity index (χ2v) is 6.10. The first-order valence-corrected chi connectivity index (χ1v) is 8.00. The van der Waals surface area contributed by atoms with E-state index in [1.165, 1.54) is 0 Å². The zero-order chi connectivity index (χ0) is 18.8. The van der Waals surface area contributed by atoms with Gasteiger partial charge in [-0.25, -0.2) is 22.5 Å². The van der Waals surface area contributed by atoms with Crippen molar-refractivity contribution in [3.8, 4) is 0 Å². The molecule has 140 valence electrons. The van der Waals surface area contributed by atoms with Gasteiger partial charge in [0.15, 0.2) is 23.3 Å². The lowest BCUT2D eigenvalue weighted by Gasteiger charge is -2.15. The molecule has 0 aliphatic heterocycles. The number of aromatic nitrogens is 2. The summed E-state index contributed by atoms with van der Waals surface area (Å²) in [5.74, 6) is -5.53. The zero-order valence-corrected chi connectivity index (χ0v) is 13.8. The van der Waals surface area contributed by atoms with Crippen molar-refractivity contribution < 1.29 is 22.7 Å². The standard InChI is InChI=1S/C16H17F4N5O/c1-7(6-26)21-16-22-11(8-2-3-8)5-12(23-16)24-25-15-13(19)9(17)4-10(18)14(15)20/h4-5,7-8,25-26H,2-3,6H2,1H3,(H2,21,22,23,24)/t7-/m0/s1. The van der Waals surface area contributed by atoms with Crippen molar-refractivity contribution in [3.05, 3.63) is 41.1 Å². The molecule has 3 rings (SSSR count). The maximum absolute atomic E-state index is 13.7. The van der Waals surface area contributed by atoms with Crippen LogP contribution < -0.4 is 16.2 Å². The summed E-state index contributed by atoms with van der Waals surface area (Å²) < 4.78 is 53.9. The smallest absolute Gasteiger partial charge is 0.225 e. The lowest BCUT2D eigenvalue weighted by atomic mass is 10.2. The Morgan fingerprint density at radius 3 is 2.31 bits per heavy atom. The van der Waals surface area contributed by atoms with Gasteiger partial charge in [-0.3, -0.25) is 10.9 Å². The second-order valence-electron chi connectivity index (χ2n) is 6.10. The fourth-order valence-corrected chi connectivity index (χ4v) is 2.26. The van der Waals surface area contributed by atoms with E-state index < -0.39 is 29.0 Å². The van der Waals surface area contributed by atoms with Crippen molar-refractivity contribution in [1.29, 1.82) is 0 Å². The first-order valence-electron chi connectivity index (χ1n) is 8.00. The van der Waals surface area contributed by atoms with Crippen molar-refractivity contribution in [2.75, 3.05) is 22.8 Å². The minimum absolute atomic E-state index is 0.129. The van der Waals surface area contributed by atoms with Crippen LogP contribution in [0.3, 0.4) is 0 Å². The van der Waals surface area contributed by atoms with Gasteiger partial charge in [0.05, 0.1) is 12.3 Å². The Balaban J connectivity index is 1.83. The van der Waals surface area contributed by atoms with E-state index in [4.69, 9.17) is 5.11 Å². The third-order valence-electron chi connectivity index (χ3n) is 3.82. The van der Waals surface area contributed by atoms with Crippen LogP contribution in [0.4, 0.5) is 35.0 Å². The second kappa shape index (κ2) is 7.32. The van der Waals surface area contributed by atoms with Crippen LogP contribution in [0.2, 0.25) is 0 Å². The summed E-state index contributed by atoms with van der Waals surface area (Å²) in [5, 5.41) is 12.0. The van der Waals surface area contributed by atoms with E-state index in [1.807, 2.05) is 0 Å². The van der Waals surface area contributed by atoms with E-state index in [0.29, 0.717) is 5.69 Å². The maximum Gasteiger partial charge on any atom is 0.225 e. The van der Waals surface area contributed by atoms with Crippen molar-refractivity contribution in [2.24, 2.45) is 0 Å². The fourth-order valence-electron chi connectivity index (χ4n) is 2.26. The van der Waals surface area contributed by atoms with Gasteiger partial charge in [0.25, 0.3) is 0 Å². The molecule has 6 nitrogen and oxygen atoms in total. The monoisotopic (exact) mass is 371 g/mol. The summed E-state index contributed by atoms with van der Waals surface area (Å²) in [5.41, 5.74) is 4.27. The highest BCUT2D eigenvalue weighted by molar-refractivity contribution is 5.53. The molecule has 1 aromatic heterocycles. The minimum Gasteiger partial charge on any atom is -0.394 e. The average molecular weight is 371 g/mol. The molecule has 1 fully saturated rings. The lowest BCUT2D eigenvalue weighted by molar-refractivity contribution is 0.281. The summed E-state index contributed by atoms with van der Waals surface area (Å²) >= 11 is 0. The largest absolute Gasteiger partial charge is 0.394 e. The molecule has 1 heterocycles. The molecule has 10 heteroatoms. The Kier molecular flexibility index (Phi) is 5.12. The maximum atomic E-state index is 13.7. The number of hydrogen-bond acceptors (Lipinski definition) is 6. The molecule has 4 N–H and O–H groups in total. The number of rotatable bonds is 7. The van der Waals surface area contributed by atoms with Gasteiger partial charge < -0.3 is 10.4 Å². The highest BCUT2D eigenvalue weighted by Gasteiger charge is 2.26. The fraction of sp³-hybridized carbons (Fsp3) is 0.375. The zero-order valence-electron chi connectivity index (χ0n) is 13.8. The molecule has 1 saturated carbocycles. The highest BCUT2D eigenvalue weighted by Crippen LogP contribution is 2.40. The van der Waals surface area contributed by atoms with Gasteiger partial charge in [-0.1, -0.05) is 0 Å². The van der Waals surface area contributed by atoms with Crippen molar-refractivity contribution in [1.82, 2.24) is 9.97 Å². The van der Waals surface area contributed by atoms with Crippen LogP contribution in [0, 0.1) is 23.3 Å². The summed E-state index contributed by atoms with van der Waals surface area (Å²) in [4.78, 5) is 8.44. The summed E-state index contributed by atoms with van der Waals surface area (Å²) in [6.45, 7) is 1.58. The molecule has 0 radical (unpaired) electrons. The van der Waals surface area contributed by atoms with Gasteiger partial charge in [0, 0.05) is 24.1 Å². The third-order valence-corrected chi connectivity index (χ3v) is 3.82. The summed E-state index contributed by atoms with van der Waals surface area (Å²) in [6.07, 6.45) is 1.91. The number of aliphatic hydroxyl groups excluding tert-OH is 1. The van der Waals surface area contributed by atoms with Crippen molar-refractivity contribution in [3.63, 3.8) is 0 Å². The summed E-state index contributed by atoms with van der Waals surface area (Å²) in [7, 11) is 0. The number of hydrazine groups is 1. The van der Waals surface area contributed by atoms with Crippen LogP contribution in [0.25, 0.3) is 0 Å². The van der Waals surface area contributed by atoms with Gasteiger partial charge in [-0.2, -0.15) is 4.98 Å². The molecular weight excluding hydrogens is 354 g/mol. The van der Waals surface area contributed by atoms with E-state index in [9.17, 15) is 17.6 Å². The SMILES string of the molecule is C[C@@H](CO)Nc1nc(NNc2c(F)c(F)cc(F)c2F)cc(C2CC2)n1. The molecule has 0 bridgehead atoms. The number of hydrogen-bond donors (Lipinski definition) is 4.